The number of piperazine rings is 1. The van der Waals surface area contributed by atoms with Crippen LogP contribution < -0.4 is 5.32 Å². The van der Waals surface area contributed by atoms with E-state index in [0.717, 1.165) is 36.6 Å². The monoisotopic (exact) mass is 414 g/mol. The molecular weight excluding hydrogens is 392 g/mol. The van der Waals surface area contributed by atoms with Crippen molar-refractivity contribution in [1.82, 2.24) is 19.8 Å². The molecule has 1 unspecified atom stereocenters. The highest BCUT2D eigenvalue weighted by Gasteiger charge is 2.32. The van der Waals surface area contributed by atoms with Crippen molar-refractivity contribution in [3.8, 4) is 10.4 Å². The zero-order valence-corrected chi connectivity index (χ0v) is 17.4. The largest absolute Gasteiger partial charge is 0.336 e. The molecule has 2 aromatic heterocycles. The molecule has 1 N–H and O–H groups in total. The van der Waals surface area contributed by atoms with Crippen LogP contribution in [0.4, 0.5) is 0 Å². The SMILES string of the molecule is Cl.Cn1ccnc1C1CNCCN1C(=O)c1cc2c(s1)-c1ccccc1CC2. The third-order valence-electron chi connectivity index (χ3n) is 5.61. The van der Waals surface area contributed by atoms with E-state index in [1.165, 1.54) is 21.6 Å². The number of benzene rings is 1. The zero-order valence-electron chi connectivity index (χ0n) is 15.7. The predicted molar refractivity (Wildman–Crippen MR) is 114 cm³/mol. The van der Waals surface area contributed by atoms with Crippen molar-refractivity contribution in [3.05, 3.63) is 64.6 Å². The number of nitrogens with zero attached hydrogens (tertiary/aromatic N) is 3. The molecule has 1 atom stereocenters. The average molecular weight is 415 g/mol. The van der Waals surface area contributed by atoms with Gasteiger partial charge in [0, 0.05) is 44.0 Å². The minimum Gasteiger partial charge on any atom is -0.336 e. The molecule has 28 heavy (non-hydrogen) atoms. The molecule has 5 nitrogen and oxygen atoms in total. The summed E-state index contributed by atoms with van der Waals surface area (Å²) in [6.45, 7) is 2.26. The van der Waals surface area contributed by atoms with Gasteiger partial charge in [-0.1, -0.05) is 24.3 Å². The van der Waals surface area contributed by atoms with E-state index in [1.807, 2.05) is 22.7 Å². The summed E-state index contributed by atoms with van der Waals surface area (Å²) >= 11 is 1.64. The number of carbonyl (C=O) groups excluding carboxylic acids is 1. The quantitative estimate of drug-likeness (QED) is 0.698. The number of carbonyl (C=O) groups is 1. The summed E-state index contributed by atoms with van der Waals surface area (Å²) in [5.74, 6) is 1.06. The first-order chi connectivity index (χ1) is 13.2. The van der Waals surface area contributed by atoms with Gasteiger partial charge in [0.05, 0.1) is 4.88 Å². The van der Waals surface area contributed by atoms with Crippen molar-refractivity contribution in [2.45, 2.75) is 18.9 Å². The van der Waals surface area contributed by atoms with E-state index < -0.39 is 0 Å². The van der Waals surface area contributed by atoms with Crippen molar-refractivity contribution >= 4 is 29.7 Å². The summed E-state index contributed by atoms with van der Waals surface area (Å²) in [6.07, 6.45) is 5.80. The third kappa shape index (κ3) is 3.15. The van der Waals surface area contributed by atoms with E-state index in [4.69, 9.17) is 0 Å². The fourth-order valence-corrected chi connectivity index (χ4v) is 5.42. The fourth-order valence-electron chi connectivity index (χ4n) is 4.19. The summed E-state index contributed by atoms with van der Waals surface area (Å²) < 4.78 is 2.01. The van der Waals surface area contributed by atoms with E-state index in [-0.39, 0.29) is 24.4 Å². The molecule has 7 heteroatoms. The third-order valence-corrected chi connectivity index (χ3v) is 6.80. The number of hydrogen-bond donors (Lipinski definition) is 1. The molecule has 1 fully saturated rings. The lowest BCUT2D eigenvalue weighted by Gasteiger charge is -2.35. The lowest BCUT2D eigenvalue weighted by Crippen LogP contribution is -2.49. The van der Waals surface area contributed by atoms with Gasteiger partial charge < -0.3 is 14.8 Å². The van der Waals surface area contributed by atoms with Crippen LogP contribution in [0, 0.1) is 0 Å². The number of halogens is 1. The van der Waals surface area contributed by atoms with Gasteiger partial charge in [-0.15, -0.1) is 23.7 Å². The van der Waals surface area contributed by atoms with Gasteiger partial charge >= 0.3 is 0 Å². The van der Waals surface area contributed by atoms with E-state index in [0.29, 0.717) is 6.54 Å². The second-order valence-electron chi connectivity index (χ2n) is 7.24. The topological polar surface area (TPSA) is 50.2 Å². The Morgan fingerprint density at radius 3 is 2.89 bits per heavy atom. The smallest absolute Gasteiger partial charge is 0.264 e. The van der Waals surface area contributed by atoms with Crippen LogP contribution in [0.2, 0.25) is 0 Å². The molecule has 0 spiro atoms. The lowest BCUT2D eigenvalue weighted by molar-refractivity contribution is 0.0626. The van der Waals surface area contributed by atoms with Crippen molar-refractivity contribution in [2.75, 3.05) is 19.6 Å². The van der Waals surface area contributed by atoms with Crippen LogP contribution in [-0.4, -0.2) is 40.0 Å². The Balaban J connectivity index is 0.00000192. The molecular formula is C21H23ClN4OS. The number of thiophene rings is 1. The first-order valence-corrected chi connectivity index (χ1v) is 10.2. The van der Waals surface area contributed by atoms with Crippen molar-refractivity contribution < 1.29 is 4.79 Å². The van der Waals surface area contributed by atoms with E-state index in [2.05, 4.69) is 40.6 Å². The van der Waals surface area contributed by atoms with Crippen LogP contribution >= 0.6 is 23.7 Å². The maximum Gasteiger partial charge on any atom is 0.264 e. The van der Waals surface area contributed by atoms with Gasteiger partial charge in [0.1, 0.15) is 11.9 Å². The number of hydrogen-bond acceptors (Lipinski definition) is 4. The second-order valence-corrected chi connectivity index (χ2v) is 8.29. The number of aryl methyl sites for hydroxylation is 3. The second kappa shape index (κ2) is 7.70. The molecule has 1 amide bonds. The van der Waals surface area contributed by atoms with Gasteiger partial charge in [0.25, 0.3) is 5.91 Å². The number of rotatable bonds is 2. The van der Waals surface area contributed by atoms with Gasteiger partial charge in [-0.2, -0.15) is 0 Å². The zero-order chi connectivity index (χ0) is 18.4. The van der Waals surface area contributed by atoms with Gasteiger partial charge in [0.15, 0.2) is 0 Å². The summed E-state index contributed by atoms with van der Waals surface area (Å²) in [7, 11) is 1.99. The maximum absolute atomic E-state index is 13.4. The molecule has 1 aromatic carbocycles. The molecule has 1 aliphatic carbocycles. The van der Waals surface area contributed by atoms with E-state index in [9.17, 15) is 4.79 Å². The van der Waals surface area contributed by atoms with Gasteiger partial charge in [-0.3, -0.25) is 4.79 Å². The molecule has 0 saturated carbocycles. The lowest BCUT2D eigenvalue weighted by atomic mass is 9.91. The van der Waals surface area contributed by atoms with Crippen LogP contribution in [0.25, 0.3) is 10.4 Å². The number of imidazole rings is 1. The van der Waals surface area contributed by atoms with Crippen LogP contribution in [0.3, 0.4) is 0 Å². The molecule has 1 saturated heterocycles. The first-order valence-electron chi connectivity index (χ1n) is 9.42. The fraction of sp³-hybridized carbons (Fsp3) is 0.333. The summed E-state index contributed by atoms with van der Waals surface area (Å²) in [4.78, 5) is 22.0. The van der Waals surface area contributed by atoms with E-state index in [1.54, 1.807) is 17.5 Å². The molecule has 1 aliphatic heterocycles. The molecule has 3 aromatic rings. The minimum absolute atomic E-state index is 0. The summed E-state index contributed by atoms with van der Waals surface area (Å²) in [5, 5.41) is 3.40. The summed E-state index contributed by atoms with van der Waals surface area (Å²) in [6, 6.07) is 10.7. The van der Waals surface area contributed by atoms with Crippen LogP contribution in [0.5, 0.6) is 0 Å². The molecule has 146 valence electrons. The highest BCUT2D eigenvalue weighted by molar-refractivity contribution is 7.17. The molecule has 0 radical (unpaired) electrons. The Morgan fingerprint density at radius 2 is 2.07 bits per heavy atom. The molecule has 2 aliphatic rings. The van der Waals surface area contributed by atoms with Crippen molar-refractivity contribution in [3.63, 3.8) is 0 Å². The number of aromatic nitrogens is 2. The Hall–Kier alpha value is -2.15. The maximum atomic E-state index is 13.4. The van der Waals surface area contributed by atoms with Crippen LogP contribution in [0.1, 0.15) is 32.7 Å². The average Bonchev–Trinajstić information content (AvgIpc) is 3.33. The molecule has 5 rings (SSSR count). The normalized spacial score (nSPS) is 18.2. The number of nitrogens with one attached hydrogen (secondary N) is 1. The van der Waals surface area contributed by atoms with Crippen molar-refractivity contribution in [2.24, 2.45) is 7.05 Å². The van der Waals surface area contributed by atoms with Gasteiger partial charge in [-0.05, 0) is 35.6 Å². The van der Waals surface area contributed by atoms with E-state index >= 15 is 0 Å². The molecule has 0 bridgehead atoms. The molecule has 3 heterocycles. The predicted octanol–water partition coefficient (Wildman–Crippen LogP) is 3.46. The first kappa shape index (κ1) is 19.2. The van der Waals surface area contributed by atoms with Gasteiger partial charge in [-0.25, -0.2) is 4.98 Å². The van der Waals surface area contributed by atoms with Crippen LogP contribution in [-0.2, 0) is 19.9 Å². The Labute approximate surface area is 174 Å². The van der Waals surface area contributed by atoms with Crippen molar-refractivity contribution in [1.29, 1.82) is 0 Å². The summed E-state index contributed by atoms with van der Waals surface area (Å²) in [5.41, 5.74) is 3.99. The highest BCUT2D eigenvalue weighted by atomic mass is 35.5. The van der Waals surface area contributed by atoms with Crippen LogP contribution in [0.15, 0.2) is 42.7 Å². The van der Waals surface area contributed by atoms with Gasteiger partial charge in [0.2, 0.25) is 0 Å². The Bertz CT molecular complexity index is 1010. The Kier molecular flexibility index (Phi) is 5.27. The number of fused-ring (bicyclic) bond motifs is 3. The number of amides is 1. The standard InChI is InChI=1S/C21H22N4OS.ClH/c1-24-10-9-23-20(24)17-13-22-8-11-25(17)21(26)18-12-15-7-6-14-4-2-3-5-16(14)19(15)27-18;/h2-5,9-10,12,17,22H,6-8,11,13H2,1H3;1H. The minimum atomic E-state index is -0.0299. The highest BCUT2D eigenvalue weighted by Crippen LogP contribution is 2.40. The Morgan fingerprint density at radius 1 is 1.25 bits per heavy atom.